The number of hydrogen-bond acceptors (Lipinski definition) is 9. The largest absolute Gasteiger partial charge is 1.00 e. The van der Waals surface area contributed by atoms with Crippen LogP contribution >= 0.6 is 0 Å². The van der Waals surface area contributed by atoms with E-state index in [1.165, 1.54) is 18.2 Å². The number of ether oxygens (including phenoxy) is 3. The Morgan fingerprint density at radius 1 is 0.574 bits per heavy atom. The van der Waals surface area contributed by atoms with Crippen molar-refractivity contribution in [1.82, 2.24) is 10.6 Å². The van der Waals surface area contributed by atoms with Crippen LogP contribution in [-0.4, -0.2) is 72.4 Å². The smallest absolute Gasteiger partial charge is 0.870 e. The summed E-state index contributed by atoms with van der Waals surface area (Å²) in [6, 6.07) is 29.8. The zero-order valence-corrected chi connectivity index (χ0v) is 31.6. The zero-order chi connectivity index (χ0) is 37.4. The average molecular weight is 743 g/mol. The molecule has 2 amide bonds. The Morgan fingerprint density at radius 3 is 1.22 bits per heavy atom. The number of carboxylic acid groups (broad SMARTS) is 1. The van der Waals surface area contributed by atoms with Crippen molar-refractivity contribution in [2.75, 3.05) is 27.4 Å². The van der Waals surface area contributed by atoms with E-state index in [1.807, 2.05) is 84.9 Å². The van der Waals surface area contributed by atoms with Crippen LogP contribution in [-0.2, 0) is 40.3 Å². The van der Waals surface area contributed by atoms with Gasteiger partial charge in [-0.2, -0.15) is 0 Å². The van der Waals surface area contributed by atoms with Crippen LogP contribution in [0.15, 0.2) is 97.1 Å². The molecule has 0 aliphatic carbocycles. The Hall–Kier alpha value is -5.16. The fourth-order valence-electron chi connectivity index (χ4n) is 4.37. The summed E-state index contributed by atoms with van der Waals surface area (Å²) in [6.45, 7) is 5.43. The number of esters is 1. The minimum atomic E-state index is -0.888. The van der Waals surface area contributed by atoms with Gasteiger partial charge in [0.1, 0.15) is 11.5 Å². The summed E-state index contributed by atoms with van der Waals surface area (Å²) in [7, 11) is 2.35. The molecule has 0 bridgehead atoms. The van der Waals surface area contributed by atoms with E-state index < -0.39 is 5.97 Å². The first-order chi connectivity index (χ1) is 24.7. The first-order valence-electron chi connectivity index (χ1n) is 16.6. The van der Waals surface area contributed by atoms with Crippen LogP contribution in [0.25, 0.3) is 0 Å². The standard InChI is InChI=1S/C20H23NO4.C19H21NO4.CH4O.Li.2H2O/c1-3-15-4-8-17(9-5-15)20(23)21-14-16-6-10-18(11-7-16)25-13-12-19(22)24-2;1-2-14-3-7-16(8-4-14)19(23)20-13-15-5-9-17(10-6-15)24-12-11-18(21)22;1-2;;;/h4-11H,3,12-14H2,1-2H3,(H,21,23);3-10H,2,11-13H2,1H3,(H,20,23)(H,21,22);2H,1H3;;2*1H2/q;;;+1;;/p-1. The van der Waals surface area contributed by atoms with Gasteiger partial charge in [0, 0.05) is 31.3 Å². The first-order valence-corrected chi connectivity index (χ1v) is 16.6. The topological polar surface area (TPSA) is 222 Å². The van der Waals surface area contributed by atoms with Crippen LogP contribution in [0.4, 0.5) is 0 Å². The van der Waals surface area contributed by atoms with Crippen LogP contribution in [0.2, 0.25) is 0 Å². The Balaban J connectivity index is 0. The quantitative estimate of drug-likeness (QED) is 0.0962. The molecular formula is C40H51LiN2O11. The van der Waals surface area contributed by atoms with Crippen molar-refractivity contribution < 1.29 is 73.4 Å². The van der Waals surface area contributed by atoms with Gasteiger partial charge in [0.05, 0.1) is 33.2 Å². The number of benzene rings is 4. The monoisotopic (exact) mass is 742 g/mol. The summed E-state index contributed by atoms with van der Waals surface area (Å²) in [6.07, 6.45) is 2.08. The Bertz CT molecular complexity index is 1630. The fourth-order valence-corrected chi connectivity index (χ4v) is 4.37. The summed E-state index contributed by atoms with van der Waals surface area (Å²) in [4.78, 5) is 45.7. The number of aliphatic carboxylic acids is 1. The van der Waals surface area contributed by atoms with Gasteiger partial charge in [-0.05, 0) is 83.6 Å². The number of aryl methyl sites for hydroxylation is 2. The zero-order valence-electron chi connectivity index (χ0n) is 31.6. The second kappa shape index (κ2) is 29.3. The summed E-state index contributed by atoms with van der Waals surface area (Å²) < 4.78 is 15.3. The molecule has 7 N–H and O–H groups in total. The summed E-state index contributed by atoms with van der Waals surface area (Å²) >= 11 is 0. The number of hydrogen-bond donors (Lipinski definition) is 4. The van der Waals surface area contributed by atoms with Crippen molar-refractivity contribution in [2.45, 2.75) is 52.6 Å². The average Bonchev–Trinajstić information content (AvgIpc) is 3.18. The van der Waals surface area contributed by atoms with Crippen molar-refractivity contribution >= 4 is 23.8 Å². The number of amides is 2. The van der Waals surface area contributed by atoms with Gasteiger partial charge in [-0.15, -0.1) is 0 Å². The van der Waals surface area contributed by atoms with E-state index in [0.29, 0.717) is 35.7 Å². The van der Waals surface area contributed by atoms with Gasteiger partial charge in [-0.25, -0.2) is 0 Å². The minimum absolute atomic E-state index is 0. The number of aliphatic hydroxyl groups is 1. The van der Waals surface area contributed by atoms with E-state index in [4.69, 9.17) is 19.7 Å². The molecule has 4 aromatic carbocycles. The van der Waals surface area contributed by atoms with Crippen molar-refractivity contribution in [1.29, 1.82) is 0 Å². The second-order valence-corrected chi connectivity index (χ2v) is 10.9. The normalized spacial score (nSPS) is 9.35. The van der Waals surface area contributed by atoms with Gasteiger partial charge >= 0.3 is 30.8 Å². The molecule has 288 valence electrons. The van der Waals surface area contributed by atoms with Crippen molar-refractivity contribution in [2.24, 2.45) is 0 Å². The predicted octanol–water partition coefficient (Wildman–Crippen LogP) is 1.76. The Labute approximate surface area is 328 Å². The number of carbonyl (C=O) groups excluding carboxylic acids is 3. The minimum Gasteiger partial charge on any atom is -0.870 e. The fraction of sp³-hybridized carbons (Fsp3) is 0.300. The summed E-state index contributed by atoms with van der Waals surface area (Å²) in [5.41, 5.74) is 5.61. The number of carboxylic acids is 1. The molecule has 0 spiro atoms. The molecule has 14 heteroatoms. The third-order valence-electron chi connectivity index (χ3n) is 7.39. The number of rotatable bonds is 16. The maximum atomic E-state index is 12.1. The SMILES string of the molecule is CCc1ccc(C(=O)NCc2ccc(OCCC(=O)O)cc2)cc1.CCc1ccc(C(=O)NCc2ccc(OCCC(=O)OC)cc2)cc1.CO.O.[Li+].[OH-]. The van der Waals surface area contributed by atoms with E-state index in [9.17, 15) is 19.2 Å². The van der Waals surface area contributed by atoms with E-state index in [1.54, 1.807) is 12.1 Å². The van der Waals surface area contributed by atoms with Gasteiger partial charge in [-0.1, -0.05) is 62.4 Å². The second-order valence-electron chi connectivity index (χ2n) is 10.9. The van der Waals surface area contributed by atoms with Crippen LogP contribution in [0, 0.1) is 0 Å². The number of methoxy groups -OCH3 is 1. The molecule has 4 rings (SSSR count). The van der Waals surface area contributed by atoms with E-state index in [0.717, 1.165) is 31.1 Å². The predicted molar refractivity (Wildman–Crippen MR) is 200 cm³/mol. The van der Waals surface area contributed by atoms with Crippen LogP contribution in [0.5, 0.6) is 11.5 Å². The van der Waals surface area contributed by atoms with E-state index in [2.05, 4.69) is 29.2 Å². The van der Waals surface area contributed by atoms with Gasteiger partial charge in [0.25, 0.3) is 11.8 Å². The van der Waals surface area contributed by atoms with Crippen molar-refractivity contribution in [3.8, 4) is 11.5 Å². The molecule has 54 heavy (non-hydrogen) atoms. The summed E-state index contributed by atoms with van der Waals surface area (Å²) in [5.74, 6) is -0.108. The third kappa shape index (κ3) is 19.6. The molecule has 0 saturated heterocycles. The molecule has 0 heterocycles. The first kappa shape index (κ1) is 50.9. The molecule has 0 radical (unpaired) electrons. The molecule has 0 aromatic heterocycles. The molecule has 0 atom stereocenters. The Kier molecular flexibility index (Phi) is 27.7. The van der Waals surface area contributed by atoms with Crippen molar-refractivity contribution in [3.05, 3.63) is 130 Å². The number of aliphatic hydroxyl groups excluding tert-OH is 1. The number of carbonyl (C=O) groups is 4. The Morgan fingerprint density at radius 2 is 0.907 bits per heavy atom. The van der Waals surface area contributed by atoms with Gasteiger partial charge in [0.15, 0.2) is 0 Å². The molecule has 0 unspecified atom stereocenters. The summed E-state index contributed by atoms with van der Waals surface area (Å²) in [5, 5.41) is 21.3. The van der Waals surface area contributed by atoms with Crippen molar-refractivity contribution in [3.63, 3.8) is 0 Å². The molecular weight excluding hydrogens is 691 g/mol. The molecule has 0 saturated carbocycles. The molecule has 0 aliphatic heterocycles. The van der Waals surface area contributed by atoms with Crippen LogP contribution < -0.4 is 39.0 Å². The third-order valence-corrected chi connectivity index (χ3v) is 7.39. The molecule has 13 nitrogen and oxygen atoms in total. The van der Waals surface area contributed by atoms with Gasteiger partial charge < -0.3 is 46.0 Å². The van der Waals surface area contributed by atoms with Gasteiger partial charge in [-0.3, -0.25) is 19.2 Å². The maximum absolute atomic E-state index is 12.1. The molecule has 0 aliphatic rings. The maximum Gasteiger partial charge on any atom is 1.00 e. The van der Waals surface area contributed by atoms with Gasteiger partial charge in [0.2, 0.25) is 0 Å². The van der Waals surface area contributed by atoms with E-state index >= 15 is 0 Å². The molecule has 4 aromatic rings. The number of nitrogens with one attached hydrogen (secondary N) is 2. The van der Waals surface area contributed by atoms with Crippen LogP contribution in [0.1, 0.15) is 69.7 Å². The van der Waals surface area contributed by atoms with E-state index in [-0.39, 0.29) is 73.7 Å². The van der Waals surface area contributed by atoms with Crippen LogP contribution in [0.3, 0.4) is 0 Å². The molecule has 0 fully saturated rings.